The summed E-state index contributed by atoms with van der Waals surface area (Å²) in [6.07, 6.45) is 1.70. The summed E-state index contributed by atoms with van der Waals surface area (Å²) in [5.41, 5.74) is 4.26. The molecule has 2 aromatic heterocycles. The molecule has 1 amide bonds. The van der Waals surface area contributed by atoms with Gasteiger partial charge in [0.15, 0.2) is 0 Å². The molecule has 118 valence electrons. The van der Waals surface area contributed by atoms with E-state index in [2.05, 4.69) is 4.98 Å². The van der Waals surface area contributed by atoms with E-state index in [4.69, 9.17) is 4.11 Å². The number of imidazole rings is 1. The maximum Gasteiger partial charge on any atom is 0.228 e. The lowest BCUT2D eigenvalue weighted by atomic mass is 10.1. The highest BCUT2D eigenvalue weighted by molar-refractivity contribution is 5.81. The standard InChI is InChI=1S/C19H21N3O/c1-13-5-8-15(9-6-13)19-16(11-18(23)21(3)4)22-12-14(2)7-10-17(22)20-19/h5-10,12H,11H2,1-4H3/i2D3. The van der Waals surface area contributed by atoms with Crippen LogP contribution in [0.2, 0.25) is 0 Å². The number of aromatic nitrogens is 2. The summed E-state index contributed by atoms with van der Waals surface area (Å²) in [7, 11) is 3.40. The Hall–Kier alpha value is -2.62. The number of hydrogen-bond acceptors (Lipinski definition) is 2. The van der Waals surface area contributed by atoms with Gasteiger partial charge in [0.2, 0.25) is 5.91 Å². The van der Waals surface area contributed by atoms with Crippen LogP contribution in [-0.4, -0.2) is 34.3 Å². The summed E-state index contributed by atoms with van der Waals surface area (Å²) in [6.45, 7) is -0.210. The molecule has 3 aromatic rings. The fourth-order valence-electron chi connectivity index (χ4n) is 2.51. The fraction of sp³-hybridized carbons (Fsp3) is 0.263. The Balaban J connectivity index is 2.22. The Morgan fingerprint density at radius 1 is 1.17 bits per heavy atom. The number of carbonyl (C=O) groups excluding carboxylic acids is 1. The molecule has 0 saturated heterocycles. The Bertz CT molecular complexity index is 957. The summed E-state index contributed by atoms with van der Waals surface area (Å²) in [5, 5.41) is 0. The van der Waals surface area contributed by atoms with Crippen LogP contribution in [0.1, 0.15) is 20.9 Å². The van der Waals surface area contributed by atoms with Gasteiger partial charge in [-0.15, -0.1) is 0 Å². The maximum absolute atomic E-state index is 12.3. The number of hydrogen-bond donors (Lipinski definition) is 0. The molecule has 0 aliphatic heterocycles. The second kappa shape index (κ2) is 5.88. The van der Waals surface area contributed by atoms with Gasteiger partial charge in [0.25, 0.3) is 0 Å². The third kappa shape index (κ3) is 2.97. The van der Waals surface area contributed by atoms with Gasteiger partial charge in [-0.05, 0) is 25.4 Å². The van der Waals surface area contributed by atoms with Gasteiger partial charge < -0.3 is 9.30 Å². The molecule has 2 heterocycles. The van der Waals surface area contributed by atoms with Crippen molar-refractivity contribution in [1.82, 2.24) is 14.3 Å². The van der Waals surface area contributed by atoms with Crippen molar-refractivity contribution >= 4 is 11.6 Å². The number of aryl methyl sites for hydroxylation is 2. The highest BCUT2D eigenvalue weighted by atomic mass is 16.2. The SMILES string of the molecule is [2H]C([2H])([2H])c1ccc2nc(-c3ccc(C)cc3)c(CC(=O)N(C)C)n2c1. The molecule has 0 saturated carbocycles. The summed E-state index contributed by atoms with van der Waals surface area (Å²) >= 11 is 0. The van der Waals surface area contributed by atoms with Gasteiger partial charge in [-0.25, -0.2) is 4.98 Å². The highest BCUT2D eigenvalue weighted by Gasteiger charge is 2.18. The molecule has 3 rings (SSSR count). The van der Waals surface area contributed by atoms with E-state index in [0.29, 0.717) is 17.0 Å². The number of carbonyl (C=O) groups is 1. The highest BCUT2D eigenvalue weighted by Crippen LogP contribution is 2.26. The van der Waals surface area contributed by atoms with Crippen molar-refractivity contribution in [1.29, 1.82) is 0 Å². The number of fused-ring (bicyclic) bond motifs is 1. The zero-order valence-electron chi connectivity index (χ0n) is 16.5. The first-order chi connectivity index (χ1) is 12.2. The van der Waals surface area contributed by atoms with E-state index in [-0.39, 0.29) is 17.9 Å². The molecule has 0 aliphatic carbocycles. The molecule has 0 atom stereocenters. The molecule has 0 aliphatic rings. The first-order valence-electron chi connectivity index (χ1n) is 8.95. The van der Waals surface area contributed by atoms with Crippen LogP contribution < -0.4 is 0 Å². The number of amides is 1. The van der Waals surface area contributed by atoms with E-state index in [1.807, 2.05) is 31.2 Å². The second-order valence-electron chi connectivity index (χ2n) is 5.88. The van der Waals surface area contributed by atoms with Crippen molar-refractivity contribution in [3.05, 3.63) is 59.4 Å². The van der Waals surface area contributed by atoms with Crippen molar-refractivity contribution in [2.45, 2.75) is 20.2 Å². The van der Waals surface area contributed by atoms with Gasteiger partial charge >= 0.3 is 0 Å². The molecule has 0 radical (unpaired) electrons. The lowest BCUT2D eigenvalue weighted by Crippen LogP contribution is -2.24. The molecule has 4 nitrogen and oxygen atoms in total. The second-order valence-corrected chi connectivity index (χ2v) is 5.88. The van der Waals surface area contributed by atoms with Gasteiger partial charge in [0.1, 0.15) is 5.65 Å². The Kier molecular flexibility index (Phi) is 3.04. The van der Waals surface area contributed by atoms with Gasteiger partial charge in [0, 0.05) is 30.0 Å². The van der Waals surface area contributed by atoms with Crippen LogP contribution in [0.15, 0.2) is 42.6 Å². The molecule has 0 bridgehead atoms. The van der Waals surface area contributed by atoms with E-state index < -0.39 is 6.85 Å². The fourth-order valence-corrected chi connectivity index (χ4v) is 2.51. The largest absolute Gasteiger partial charge is 0.348 e. The number of rotatable bonds is 3. The van der Waals surface area contributed by atoms with Crippen molar-refractivity contribution < 1.29 is 8.91 Å². The van der Waals surface area contributed by atoms with Crippen molar-refractivity contribution in [3.63, 3.8) is 0 Å². The topological polar surface area (TPSA) is 37.6 Å². The van der Waals surface area contributed by atoms with Crippen LogP contribution in [0, 0.1) is 13.8 Å². The van der Waals surface area contributed by atoms with Crippen LogP contribution in [0.25, 0.3) is 16.9 Å². The Morgan fingerprint density at radius 2 is 1.87 bits per heavy atom. The molecule has 1 aromatic carbocycles. The zero-order valence-corrected chi connectivity index (χ0v) is 13.5. The lowest BCUT2D eigenvalue weighted by Gasteiger charge is -2.11. The van der Waals surface area contributed by atoms with E-state index in [1.54, 1.807) is 36.8 Å². The van der Waals surface area contributed by atoms with Crippen molar-refractivity contribution in [2.24, 2.45) is 0 Å². The third-order valence-corrected chi connectivity index (χ3v) is 3.86. The van der Waals surface area contributed by atoms with Gasteiger partial charge in [-0.2, -0.15) is 0 Å². The third-order valence-electron chi connectivity index (χ3n) is 3.86. The van der Waals surface area contributed by atoms with Gasteiger partial charge in [-0.3, -0.25) is 4.79 Å². The minimum Gasteiger partial charge on any atom is -0.348 e. The van der Waals surface area contributed by atoms with E-state index in [0.717, 1.165) is 11.1 Å². The van der Waals surface area contributed by atoms with Crippen LogP contribution in [-0.2, 0) is 11.2 Å². The smallest absolute Gasteiger partial charge is 0.228 e. The van der Waals surface area contributed by atoms with Crippen LogP contribution >= 0.6 is 0 Å². The number of benzene rings is 1. The molecule has 0 N–H and O–H groups in total. The normalized spacial score (nSPS) is 13.4. The van der Waals surface area contributed by atoms with Gasteiger partial charge in [0.05, 0.1) is 17.8 Å². The first-order valence-corrected chi connectivity index (χ1v) is 7.45. The number of nitrogens with zero attached hydrogens (tertiary/aromatic N) is 3. The molecular weight excluding hydrogens is 286 g/mol. The van der Waals surface area contributed by atoms with E-state index >= 15 is 0 Å². The summed E-state index contributed by atoms with van der Waals surface area (Å²) in [6, 6.07) is 11.2. The van der Waals surface area contributed by atoms with Gasteiger partial charge in [-0.1, -0.05) is 35.9 Å². The maximum atomic E-state index is 12.3. The average Bonchev–Trinajstić information content (AvgIpc) is 2.92. The number of likely N-dealkylation sites (N-methyl/N-ethyl adjacent to an activating group) is 1. The molecule has 4 heteroatoms. The van der Waals surface area contributed by atoms with Crippen molar-refractivity contribution in [3.8, 4) is 11.3 Å². The average molecular weight is 310 g/mol. The molecule has 23 heavy (non-hydrogen) atoms. The predicted octanol–water partition coefficient (Wildman–Crippen LogP) is 3.25. The minimum absolute atomic E-state index is 0.0700. The molecular formula is C19H21N3O. The van der Waals surface area contributed by atoms with Crippen LogP contribution in [0.5, 0.6) is 0 Å². The monoisotopic (exact) mass is 310 g/mol. The zero-order chi connectivity index (χ0) is 19.1. The summed E-state index contributed by atoms with van der Waals surface area (Å²) in [5.74, 6) is -0.0700. The minimum atomic E-state index is -2.22. The predicted molar refractivity (Wildman–Crippen MR) is 92.5 cm³/mol. The van der Waals surface area contributed by atoms with E-state index in [9.17, 15) is 4.79 Å². The summed E-state index contributed by atoms with van der Waals surface area (Å²) < 4.78 is 24.7. The number of pyridine rings is 1. The molecule has 0 spiro atoms. The molecule has 0 unspecified atom stereocenters. The Labute approximate surface area is 140 Å². The van der Waals surface area contributed by atoms with Crippen LogP contribution in [0.4, 0.5) is 0 Å². The summed E-state index contributed by atoms with van der Waals surface area (Å²) in [4.78, 5) is 18.5. The first kappa shape index (κ1) is 11.9. The molecule has 0 fully saturated rings. The lowest BCUT2D eigenvalue weighted by molar-refractivity contribution is -0.128. The van der Waals surface area contributed by atoms with Crippen molar-refractivity contribution in [2.75, 3.05) is 14.1 Å². The Morgan fingerprint density at radius 3 is 2.52 bits per heavy atom. The quantitative estimate of drug-likeness (QED) is 0.745. The van der Waals surface area contributed by atoms with Crippen LogP contribution in [0.3, 0.4) is 0 Å². The van der Waals surface area contributed by atoms with E-state index in [1.165, 1.54) is 4.90 Å².